The van der Waals surface area contributed by atoms with E-state index in [4.69, 9.17) is 5.26 Å². The summed E-state index contributed by atoms with van der Waals surface area (Å²) in [6, 6.07) is 3.08. The largest absolute Gasteiger partial charge is 0.401 e. The van der Waals surface area contributed by atoms with E-state index < -0.39 is 36.5 Å². The second kappa shape index (κ2) is 5.10. The molecule has 1 rings (SSSR count). The Morgan fingerprint density at radius 2 is 1.71 bits per heavy atom. The van der Waals surface area contributed by atoms with E-state index in [1.54, 1.807) is 0 Å². The van der Waals surface area contributed by atoms with Gasteiger partial charge in [0.1, 0.15) is 11.6 Å². The molecule has 0 unspecified atom stereocenters. The molecule has 0 aliphatic carbocycles. The van der Waals surface area contributed by atoms with Crippen molar-refractivity contribution in [2.24, 2.45) is 0 Å². The van der Waals surface area contributed by atoms with Crippen LogP contribution >= 0.6 is 0 Å². The van der Waals surface area contributed by atoms with Crippen LogP contribution in [0.15, 0.2) is 12.1 Å². The number of alkyl halides is 3. The molecule has 0 amide bonds. The molecule has 1 aromatic rings. The van der Waals surface area contributed by atoms with Gasteiger partial charge in [-0.2, -0.15) is 18.4 Å². The first kappa shape index (κ1) is 13.4. The molecule has 1 N–H and O–H groups in total. The van der Waals surface area contributed by atoms with Gasteiger partial charge in [-0.15, -0.1) is 0 Å². The SMILES string of the molecule is N#Cc1cc(F)c(CNCC(F)(F)F)c(F)c1. The van der Waals surface area contributed by atoms with Crippen molar-refractivity contribution in [3.63, 3.8) is 0 Å². The standard InChI is InChI=1S/C10H7F5N2/c11-8-1-6(3-16)2-9(12)7(8)4-17-5-10(13,14)15/h1-2,17H,4-5H2. The third-order valence-electron chi connectivity index (χ3n) is 1.90. The van der Waals surface area contributed by atoms with Crippen LogP contribution in [-0.4, -0.2) is 12.7 Å². The maximum absolute atomic E-state index is 13.2. The average Bonchev–Trinajstić information content (AvgIpc) is 2.20. The van der Waals surface area contributed by atoms with Gasteiger partial charge in [0.15, 0.2) is 0 Å². The van der Waals surface area contributed by atoms with Gasteiger partial charge in [0, 0.05) is 12.1 Å². The second-order valence-electron chi connectivity index (χ2n) is 3.25. The average molecular weight is 250 g/mol. The van der Waals surface area contributed by atoms with E-state index >= 15 is 0 Å². The monoisotopic (exact) mass is 250 g/mol. The van der Waals surface area contributed by atoms with Gasteiger partial charge < -0.3 is 5.32 Å². The highest BCUT2D eigenvalue weighted by Gasteiger charge is 2.26. The van der Waals surface area contributed by atoms with Crippen LogP contribution in [0, 0.1) is 23.0 Å². The van der Waals surface area contributed by atoms with E-state index in [0.29, 0.717) is 0 Å². The first-order valence-corrected chi connectivity index (χ1v) is 4.49. The normalized spacial score (nSPS) is 11.3. The van der Waals surface area contributed by atoms with E-state index in [1.165, 1.54) is 6.07 Å². The summed E-state index contributed by atoms with van der Waals surface area (Å²) < 4.78 is 61.8. The van der Waals surface area contributed by atoms with Crippen LogP contribution < -0.4 is 5.32 Å². The summed E-state index contributed by atoms with van der Waals surface area (Å²) >= 11 is 0. The van der Waals surface area contributed by atoms with Gasteiger partial charge in [-0.25, -0.2) is 8.78 Å². The van der Waals surface area contributed by atoms with Crippen molar-refractivity contribution < 1.29 is 22.0 Å². The number of hydrogen-bond donors (Lipinski definition) is 1. The number of nitriles is 1. The van der Waals surface area contributed by atoms with Crippen molar-refractivity contribution in [1.82, 2.24) is 5.32 Å². The molecule has 0 aromatic heterocycles. The number of rotatable bonds is 3. The fourth-order valence-electron chi connectivity index (χ4n) is 1.17. The molecule has 2 nitrogen and oxygen atoms in total. The molecular formula is C10H7F5N2. The van der Waals surface area contributed by atoms with E-state index in [0.717, 1.165) is 12.1 Å². The third kappa shape index (κ3) is 4.00. The smallest absolute Gasteiger partial charge is 0.304 e. The number of nitrogens with zero attached hydrogens (tertiary/aromatic N) is 1. The minimum Gasteiger partial charge on any atom is -0.304 e. The summed E-state index contributed by atoms with van der Waals surface area (Å²) in [6.45, 7) is -1.94. The van der Waals surface area contributed by atoms with Crippen LogP contribution in [0.2, 0.25) is 0 Å². The quantitative estimate of drug-likeness (QED) is 0.836. The topological polar surface area (TPSA) is 35.8 Å². The number of benzene rings is 1. The summed E-state index contributed by atoms with van der Waals surface area (Å²) in [7, 11) is 0. The minimum absolute atomic E-state index is 0.223. The van der Waals surface area contributed by atoms with Crippen LogP contribution in [0.4, 0.5) is 22.0 Å². The van der Waals surface area contributed by atoms with E-state index in [2.05, 4.69) is 0 Å². The molecule has 7 heteroatoms. The Labute approximate surface area is 93.7 Å². The Morgan fingerprint density at radius 3 is 2.12 bits per heavy atom. The van der Waals surface area contributed by atoms with Gasteiger partial charge >= 0.3 is 6.18 Å². The van der Waals surface area contributed by atoms with Crippen LogP contribution in [-0.2, 0) is 6.54 Å². The predicted molar refractivity (Wildman–Crippen MR) is 48.8 cm³/mol. The zero-order chi connectivity index (χ0) is 13.1. The highest BCUT2D eigenvalue weighted by atomic mass is 19.4. The molecule has 1 aromatic carbocycles. The first-order valence-electron chi connectivity index (χ1n) is 4.49. The van der Waals surface area contributed by atoms with Crippen molar-refractivity contribution in [1.29, 1.82) is 5.26 Å². The van der Waals surface area contributed by atoms with Crippen molar-refractivity contribution in [3.05, 3.63) is 34.9 Å². The summed E-state index contributed by atoms with van der Waals surface area (Å²) in [5, 5.41) is 10.3. The molecule has 0 aliphatic rings. The Morgan fingerprint density at radius 1 is 1.18 bits per heavy atom. The zero-order valence-electron chi connectivity index (χ0n) is 8.41. The van der Waals surface area contributed by atoms with Crippen LogP contribution in [0.1, 0.15) is 11.1 Å². The lowest BCUT2D eigenvalue weighted by atomic mass is 10.1. The van der Waals surface area contributed by atoms with Gasteiger partial charge in [-0.05, 0) is 12.1 Å². The van der Waals surface area contributed by atoms with E-state index in [1.807, 2.05) is 5.32 Å². The fourth-order valence-corrected chi connectivity index (χ4v) is 1.17. The summed E-state index contributed by atoms with van der Waals surface area (Å²) in [4.78, 5) is 0. The Balaban J connectivity index is 2.76. The molecule has 0 saturated heterocycles. The van der Waals surface area contributed by atoms with E-state index in [-0.39, 0.29) is 5.56 Å². The molecule has 0 atom stereocenters. The summed E-state index contributed by atoms with van der Waals surface area (Å²) in [5.74, 6) is -2.09. The molecule has 0 radical (unpaired) electrons. The van der Waals surface area contributed by atoms with Crippen LogP contribution in [0.3, 0.4) is 0 Å². The minimum atomic E-state index is -4.44. The molecule has 0 bridgehead atoms. The number of hydrogen-bond acceptors (Lipinski definition) is 2. The Hall–Kier alpha value is -1.68. The van der Waals surface area contributed by atoms with Crippen LogP contribution in [0.25, 0.3) is 0 Å². The molecule has 0 aliphatic heterocycles. The first-order chi connectivity index (χ1) is 7.83. The molecule has 0 heterocycles. The van der Waals surface area contributed by atoms with Gasteiger partial charge in [0.05, 0.1) is 18.2 Å². The van der Waals surface area contributed by atoms with Gasteiger partial charge in [-0.1, -0.05) is 0 Å². The van der Waals surface area contributed by atoms with Crippen molar-refractivity contribution in [3.8, 4) is 6.07 Å². The lowest BCUT2D eigenvalue weighted by Gasteiger charge is -2.09. The van der Waals surface area contributed by atoms with Gasteiger partial charge in [0.25, 0.3) is 0 Å². The van der Waals surface area contributed by atoms with E-state index in [9.17, 15) is 22.0 Å². The highest BCUT2D eigenvalue weighted by molar-refractivity contribution is 5.34. The predicted octanol–water partition coefficient (Wildman–Crippen LogP) is 2.49. The van der Waals surface area contributed by atoms with Crippen LogP contribution in [0.5, 0.6) is 0 Å². The van der Waals surface area contributed by atoms with Gasteiger partial charge in [-0.3, -0.25) is 0 Å². The Bertz CT molecular complexity index is 424. The third-order valence-corrected chi connectivity index (χ3v) is 1.90. The number of nitrogens with one attached hydrogen (secondary N) is 1. The number of halogens is 5. The van der Waals surface area contributed by atoms with Crippen molar-refractivity contribution >= 4 is 0 Å². The highest BCUT2D eigenvalue weighted by Crippen LogP contribution is 2.16. The maximum atomic E-state index is 13.2. The molecular weight excluding hydrogens is 243 g/mol. The molecule has 0 saturated carbocycles. The maximum Gasteiger partial charge on any atom is 0.401 e. The lowest BCUT2D eigenvalue weighted by Crippen LogP contribution is -2.29. The molecule has 17 heavy (non-hydrogen) atoms. The fraction of sp³-hybridized carbons (Fsp3) is 0.300. The molecule has 92 valence electrons. The van der Waals surface area contributed by atoms with Crippen molar-refractivity contribution in [2.75, 3.05) is 6.54 Å². The zero-order valence-corrected chi connectivity index (χ0v) is 8.41. The molecule has 0 spiro atoms. The van der Waals surface area contributed by atoms with Gasteiger partial charge in [0.2, 0.25) is 0 Å². The molecule has 0 fully saturated rings. The summed E-state index contributed by atoms with van der Waals surface area (Å²) in [6.07, 6.45) is -4.44. The Kier molecular flexibility index (Phi) is 4.02. The lowest BCUT2D eigenvalue weighted by molar-refractivity contribution is -0.125. The summed E-state index contributed by atoms with van der Waals surface area (Å²) in [5.41, 5.74) is -0.743. The second-order valence-corrected chi connectivity index (χ2v) is 3.25. The van der Waals surface area contributed by atoms with Crippen molar-refractivity contribution in [2.45, 2.75) is 12.7 Å².